The van der Waals surface area contributed by atoms with Crippen LogP contribution in [0, 0.1) is 0 Å². The van der Waals surface area contributed by atoms with E-state index in [-0.39, 0.29) is 38.6 Å². The SMILES string of the molecule is CC/C=C\C/C=C\C/C=C\C/C=C\C/C=C\C/C=C\CCCCC(=O)OC(COC(=O)CCCCCCCCCCCCCCCCCC)COC(OCC[N+](C)(C)C)C(=O)[O-]. The first-order valence-corrected chi connectivity index (χ1v) is 24.6. The number of hydrogen-bond donors (Lipinski definition) is 0. The Morgan fingerprint density at radius 1 is 0.500 bits per heavy atom. The van der Waals surface area contributed by atoms with Crippen molar-refractivity contribution in [2.45, 2.75) is 200 Å². The number of nitrogens with zero attached hydrogens (tertiary/aromatic N) is 1. The van der Waals surface area contributed by atoms with E-state index in [1.54, 1.807) is 0 Å². The molecule has 0 spiro atoms. The number of rotatable bonds is 44. The largest absolute Gasteiger partial charge is 0.545 e. The number of aliphatic carboxylic acids is 1. The lowest BCUT2D eigenvalue weighted by molar-refractivity contribution is -0.870. The molecule has 0 aliphatic carbocycles. The Hall–Kier alpha value is -3.27. The van der Waals surface area contributed by atoms with Gasteiger partial charge in [-0.25, -0.2) is 0 Å². The molecule has 9 heteroatoms. The lowest BCUT2D eigenvalue weighted by Crippen LogP contribution is -2.44. The number of carboxylic acids is 1. The van der Waals surface area contributed by atoms with Gasteiger partial charge in [0.1, 0.15) is 13.2 Å². The summed E-state index contributed by atoms with van der Waals surface area (Å²) in [6.07, 6.45) is 52.2. The van der Waals surface area contributed by atoms with Gasteiger partial charge in [0.2, 0.25) is 0 Å². The Bertz CT molecular complexity index is 1240. The number of quaternary nitrogens is 1. The standard InChI is InChI=1S/C53H91NO8/c1-6-8-10-12-14-16-18-20-22-24-25-26-27-28-30-32-34-36-38-40-42-44-51(56)62-49(48-61-53(52(57)58)59-46-45-54(3,4)5)47-60-50(55)43-41-39-37-35-33-31-29-23-21-19-17-15-13-11-9-7-2/h8,10,14,16,20,22,25-26,28,30,34,36,49,53H,6-7,9,11-13,15,17-19,21,23-24,27,29,31-33,35,37-48H2,1-5H3/b10-8-,16-14-,22-20-,26-25-,30-28-,36-34-. The van der Waals surface area contributed by atoms with Crippen molar-refractivity contribution in [3.05, 3.63) is 72.9 Å². The normalized spacial score (nSPS) is 13.5. The highest BCUT2D eigenvalue weighted by Gasteiger charge is 2.21. The zero-order valence-corrected chi connectivity index (χ0v) is 40.2. The second-order valence-corrected chi connectivity index (χ2v) is 17.4. The van der Waals surface area contributed by atoms with Crippen LogP contribution in [0.1, 0.15) is 187 Å². The zero-order chi connectivity index (χ0) is 45.6. The third-order valence-electron chi connectivity index (χ3n) is 10.2. The van der Waals surface area contributed by atoms with Gasteiger partial charge in [0.05, 0.1) is 40.3 Å². The third-order valence-corrected chi connectivity index (χ3v) is 10.2. The maximum atomic E-state index is 12.8. The van der Waals surface area contributed by atoms with E-state index < -0.39 is 24.3 Å². The van der Waals surface area contributed by atoms with Crippen LogP contribution in [0.2, 0.25) is 0 Å². The van der Waals surface area contributed by atoms with Crippen LogP contribution in [-0.2, 0) is 33.3 Å². The van der Waals surface area contributed by atoms with E-state index in [0.717, 1.165) is 70.6 Å². The lowest BCUT2D eigenvalue weighted by atomic mass is 10.0. The minimum atomic E-state index is -1.63. The summed E-state index contributed by atoms with van der Waals surface area (Å²) in [5.41, 5.74) is 0. The predicted molar refractivity (Wildman–Crippen MR) is 255 cm³/mol. The number of carbonyl (C=O) groups excluding carboxylic acids is 3. The molecule has 0 aliphatic rings. The molecule has 2 atom stereocenters. The molecule has 62 heavy (non-hydrogen) atoms. The van der Waals surface area contributed by atoms with Crippen molar-refractivity contribution < 1.29 is 42.9 Å². The molecular weight excluding hydrogens is 779 g/mol. The summed E-state index contributed by atoms with van der Waals surface area (Å²) in [5, 5.41) is 11.7. The monoisotopic (exact) mass is 870 g/mol. The number of esters is 2. The van der Waals surface area contributed by atoms with Crippen LogP contribution < -0.4 is 5.11 Å². The van der Waals surface area contributed by atoms with Crippen LogP contribution in [0.25, 0.3) is 0 Å². The number of ether oxygens (including phenoxy) is 4. The van der Waals surface area contributed by atoms with Gasteiger partial charge >= 0.3 is 11.9 Å². The van der Waals surface area contributed by atoms with E-state index in [9.17, 15) is 19.5 Å². The Morgan fingerprint density at radius 2 is 0.919 bits per heavy atom. The van der Waals surface area contributed by atoms with Gasteiger partial charge in [-0.05, 0) is 64.2 Å². The van der Waals surface area contributed by atoms with Gasteiger partial charge in [-0.2, -0.15) is 0 Å². The molecule has 0 aromatic carbocycles. The fourth-order valence-corrected chi connectivity index (χ4v) is 6.42. The molecule has 0 radical (unpaired) electrons. The molecule has 0 N–H and O–H groups in total. The fraction of sp³-hybridized carbons (Fsp3) is 0.717. The van der Waals surface area contributed by atoms with E-state index >= 15 is 0 Å². The summed E-state index contributed by atoms with van der Waals surface area (Å²) in [4.78, 5) is 37.1. The molecule has 0 saturated heterocycles. The van der Waals surface area contributed by atoms with E-state index in [2.05, 4.69) is 86.8 Å². The molecule has 2 unspecified atom stereocenters. The molecule has 0 fully saturated rings. The number of likely N-dealkylation sites (N-methyl/N-ethyl adjacent to an activating group) is 1. The van der Waals surface area contributed by atoms with Crippen molar-refractivity contribution in [3.8, 4) is 0 Å². The second-order valence-electron chi connectivity index (χ2n) is 17.4. The topological polar surface area (TPSA) is 111 Å². The van der Waals surface area contributed by atoms with Gasteiger partial charge in [0.25, 0.3) is 0 Å². The minimum absolute atomic E-state index is 0.137. The summed E-state index contributed by atoms with van der Waals surface area (Å²) < 4.78 is 22.5. The number of carboxylic acid groups (broad SMARTS) is 1. The van der Waals surface area contributed by atoms with Crippen LogP contribution in [-0.4, -0.2) is 82.3 Å². The van der Waals surface area contributed by atoms with Gasteiger partial charge in [-0.15, -0.1) is 0 Å². The molecule has 0 bridgehead atoms. The highest BCUT2D eigenvalue weighted by atomic mass is 16.7. The number of unbranched alkanes of at least 4 members (excludes halogenated alkanes) is 17. The number of hydrogen-bond acceptors (Lipinski definition) is 8. The maximum absolute atomic E-state index is 12.8. The predicted octanol–water partition coefficient (Wildman–Crippen LogP) is 12.2. The van der Waals surface area contributed by atoms with Crippen LogP contribution in [0.4, 0.5) is 0 Å². The highest BCUT2D eigenvalue weighted by molar-refractivity contribution is 5.70. The molecule has 0 amide bonds. The molecule has 0 saturated carbocycles. The van der Waals surface area contributed by atoms with Crippen LogP contribution in [0.5, 0.6) is 0 Å². The summed E-state index contributed by atoms with van der Waals surface area (Å²) >= 11 is 0. The van der Waals surface area contributed by atoms with E-state index in [1.165, 1.54) is 83.5 Å². The van der Waals surface area contributed by atoms with Crippen molar-refractivity contribution in [3.63, 3.8) is 0 Å². The van der Waals surface area contributed by atoms with Crippen molar-refractivity contribution >= 4 is 17.9 Å². The minimum Gasteiger partial charge on any atom is -0.545 e. The number of allylic oxidation sites excluding steroid dienone is 12. The summed E-state index contributed by atoms with van der Waals surface area (Å²) in [6, 6.07) is 0. The fourth-order valence-electron chi connectivity index (χ4n) is 6.42. The molecule has 0 aromatic heterocycles. The molecule has 0 aromatic rings. The molecule has 0 heterocycles. The molecule has 0 rings (SSSR count). The average molecular weight is 870 g/mol. The average Bonchev–Trinajstić information content (AvgIpc) is 3.23. The Balaban J connectivity index is 4.47. The summed E-state index contributed by atoms with van der Waals surface area (Å²) in [6.45, 7) is 4.57. The van der Waals surface area contributed by atoms with Crippen molar-refractivity contribution in [1.29, 1.82) is 0 Å². The smallest absolute Gasteiger partial charge is 0.306 e. The Kier molecular flexibility index (Phi) is 42.0. The third kappa shape index (κ3) is 44.8. The molecule has 0 aliphatic heterocycles. The second kappa shape index (κ2) is 44.3. The first-order chi connectivity index (χ1) is 30.1. The van der Waals surface area contributed by atoms with Crippen LogP contribution >= 0.6 is 0 Å². The van der Waals surface area contributed by atoms with Gasteiger partial charge in [0.15, 0.2) is 12.4 Å². The molecular formula is C53H91NO8. The number of carbonyl (C=O) groups is 3. The quantitative estimate of drug-likeness (QED) is 0.0196. The first kappa shape index (κ1) is 58.7. The summed E-state index contributed by atoms with van der Waals surface area (Å²) in [7, 11) is 5.89. The van der Waals surface area contributed by atoms with E-state index in [1.807, 2.05) is 21.1 Å². The van der Waals surface area contributed by atoms with Gasteiger partial charge in [0, 0.05) is 12.8 Å². The molecule has 356 valence electrons. The van der Waals surface area contributed by atoms with Gasteiger partial charge < -0.3 is 33.3 Å². The van der Waals surface area contributed by atoms with Gasteiger partial charge in [-0.3, -0.25) is 9.59 Å². The Labute approximate surface area is 379 Å². The maximum Gasteiger partial charge on any atom is 0.306 e. The van der Waals surface area contributed by atoms with Crippen molar-refractivity contribution in [2.75, 3.05) is 47.5 Å². The first-order valence-electron chi connectivity index (χ1n) is 24.6. The van der Waals surface area contributed by atoms with Crippen molar-refractivity contribution in [1.82, 2.24) is 0 Å². The Morgan fingerprint density at radius 3 is 1.37 bits per heavy atom. The van der Waals surface area contributed by atoms with Gasteiger partial charge in [-0.1, -0.05) is 183 Å². The van der Waals surface area contributed by atoms with Crippen LogP contribution in [0.3, 0.4) is 0 Å². The highest BCUT2D eigenvalue weighted by Crippen LogP contribution is 2.15. The molecule has 9 nitrogen and oxygen atoms in total. The van der Waals surface area contributed by atoms with Crippen molar-refractivity contribution in [2.24, 2.45) is 0 Å². The van der Waals surface area contributed by atoms with E-state index in [0.29, 0.717) is 17.4 Å². The van der Waals surface area contributed by atoms with E-state index in [4.69, 9.17) is 18.9 Å². The van der Waals surface area contributed by atoms with Crippen LogP contribution in [0.15, 0.2) is 72.9 Å². The summed E-state index contributed by atoms with van der Waals surface area (Å²) in [5.74, 6) is -2.35. The lowest BCUT2D eigenvalue weighted by Gasteiger charge is -2.26. The zero-order valence-electron chi connectivity index (χ0n) is 40.2.